The molecule has 0 atom stereocenters. The number of nitrogen functional groups attached to an aromatic ring is 1. The molecule has 0 saturated carbocycles. The van der Waals surface area contributed by atoms with Crippen molar-refractivity contribution in [2.75, 3.05) is 0 Å². The maximum absolute atomic E-state index is 13.1. The molecule has 0 radical (unpaired) electrons. The van der Waals surface area contributed by atoms with Gasteiger partial charge < -0.3 is 10.5 Å². The Morgan fingerprint density at radius 2 is 1.90 bits per heavy atom. The molecule has 0 amide bonds. The third-order valence-electron chi connectivity index (χ3n) is 2.51. The monoisotopic (exact) mass is 275 g/mol. The van der Waals surface area contributed by atoms with Gasteiger partial charge >= 0.3 is 0 Å². The molecule has 20 heavy (non-hydrogen) atoms. The lowest BCUT2D eigenvalue weighted by molar-refractivity contribution is -0.384. The van der Waals surface area contributed by atoms with E-state index < -0.39 is 10.7 Å². The number of ether oxygens (including phenoxy) is 1. The van der Waals surface area contributed by atoms with Gasteiger partial charge in [-0.25, -0.2) is 4.39 Å². The summed E-state index contributed by atoms with van der Waals surface area (Å²) >= 11 is 0. The van der Waals surface area contributed by atoms with E-state index in [4.69, 9.17) is 15.9 Å². The molecule has 3 N–H and O–H groups in total. The second kappa shape index (κ2) is 5.35. The number of hydrogen-bond acceptors (Lipinski definition) is 4. The van der Waals surface area contributed by atoms with Crippen LogP contribution in [0.1, 0.15) is 5.56 Å². The number of benzene rings is 2. The van der Waals surface area contributed by atoms with Gasteiger partial charge in [-0.2, -0.15) is 0 Å². The van der Waals surface area contributed by atoms with E-state index in [2.05, 4.69) is 0 Å². The van der Waals surface area contributed by atoms with Crippen LogP contribution in [0.3, 0.4) is 0 Å². The number of amidine groups is 1. The Hall–Kier alpha value is -2.96. The highest BCUT2D eigenvalue weighted by atomic mass is 19.1. The van der Waals surface area contributed by atoms with E-state index >= 15 is 0 Å². The van der Waals surface area contributed by atoms with Crippen LogP contribution < -0.4 is 10.5 Å². The van der Waals surface area contributed by atoms with Gasteiger partial charge in [-0.05, 0) is 30.3 Å². The van der Waals surface area contributed by atoms with Gasteiger partial charge in [0.1, 0.15) is 23.2 Å². The summed E-state index contributed by atoms with van der Waals surface area (Å²) in [5.74, 6) is -0.342. The number of nitro groups is 1. The second-order valence-corrected chi connectivity index (χ2v) is 3.91. The molecule has 0 aliphatic carbocycles. The van der Waals surface area contributed by atoms with E-state index in [1.807, 2.05) is 0 Å². The van der Waals surface area contributed by atoms with Crippen LogP contribution in [0.5, 0.6) is 11.5 Å². The highest BCUT2D eigenvalue weighted by Gasteiger charge is 2.10. The Bertz CT molecular complexity index is 671. The summed E-state index contributed by atoms with van der Waals surface area (Å²) in [5.41, 5.74) is 5.40. The van der Waals surface area contributed by atoms with Gasteiger partial charge in [0, 0.05) is 12.1 Å². The number of halogens is 1. The first-order valence-electron chi connectivity index (χ1n) is 5.53. The summed E-state index contributed by atoms with van der Waals surface area (Å²) < 4.78 is 18.6. The number of nitrogens with two attached hydrogens (primary N) is 1. The number of non-ortho nitro benzene ring substituents is 1. The van der Waals surface area contributed by atoms with E-state index in [9.17, 15) is 14.5 Å². The van der Waals surface area contributed by atoms with Crippen molar-refractivity contribution in [3.05, 3.63) is 64.0 Å². The van der Waals surface area contributed by atoms with Crippen molar-refractivity contribution >= 4 is 11.5 Å². The molecule has 6 nitrogen and oxygen atoms in total. The molecule has 0 bridgehead atoms. The van der Waals surface area contributed by atoms with Crippen LogP contribution >= 0.6 is 0 Å². The first-order chi connectivity index (χ1) is 9.47. The Labute approximate surface area is 113 Å². The molecule has 0 aliphatic rings. The largest absolute Gasteiger partial charge is 0.457 e. The predicted molar refractivity (Wildman–Crippen MR) is 70.6 cm³/mol. The summed E-state index contributed by atoms with van der Waals surface area (Å²) in [5, 5.41) is 17.9. The van der Waals surface area contributed by atoms with E-state index in [0.29, 0.717) is 5.75 Å². The Balaban J connectivity index is 2.30. The molecule has 2 rings (SSSR count). The van der Waals surface area contributed by atoms with Crippen LogP contribution in [0.25, 0.3) is 0 Å². The van der Waals surface area contributed by atoms with E-state index in [-0.39, 0.29) is 22.8 Å². The summed E-state index contributed by atoms with van der Waals surface area (Å²) in [7, 11) is 0. The average molecular weight is 275 g/mol. The minimum absolute atomic E-state index is 0.0664. The normalized spacial score (nSPS) is 10.1. The molecule has 0 fully saturated rings. The van der Waals surface area contributed by atoms with Crippen LogP contribution in [0.15, 0.2) is 42.5 Å². The molecule has 0 spiro atoms. The quantitative estimate of drug-likeness (QED) is 0.387. The highest BCUT2D eigenvalue weighted by molar-refractivity contribution is 5.97. The zero-order chi connectivity index (χ0) is 14.7. The summed E-state index contributed by atoms with van der Waals surface area (Å²) in [6, 6.07) is 8.99. The third kappa shape index (κ3) is 2.89. The molecule has 2 aromatic carbocycles. The summed E-state index contributed by atoms with van der Waals surface area (Å²) in [6.07, 6.45) is 0. The zero-order valence-corrected chi connectivity index (χ0v) is 10.2. The van der Waals surface area contributed by atoms with Gasteiger partial charge in [0.05, 0.1) is 10.5 Å². The molecule has 7 heteroatoms. The predicted octanol–water partition coefficient (Wildman–Crippen LogP) is 2.81. The molecule has 2 aromatic rings. The molecule has 0 aromatic heterocycles. The Kier molecular flexibility index (Phi) is 3.60. The van der Waals surface area contributed by atoms with Crippen molar-refractivity contribution < 1.29 is 14.1 Å². The third-order valence-corrected chi connectivity index (χ3v) is 2.51. The van der Waals surface area contributed by atoms with Crippen molar-refractivity contribution in [1.82, 2.24) is 0 Å². The molecule has 0 saturated heterocycles. The topological polar surface area (TPSA) is 102 Å². The maximum Gasteiger partial charge on any atom is 0.269 e. The number of rotatable bonds is 4. The van der Waals surface area contributed by atoms with Crippen molar-refractivity contribution in [1.29, 1.82) is 5.41 Å². The van der Waals surface area contributed by atoms with Crippen LogP contribution in [0, 0.1) is 21.3 Å². The van der Waals surface area contributed by atoms with E-state index in [0.717, 1.165) is 6.07 Å². The summed E-state index contributed by atoms with van der Waals surface area (Å²) in [4.78, 5) is 10.0. The smallest absolute Gasteiger partial charge is 0.269 e. The van der Waals surface area contributed by atoms with E-state index in [1.54, 1.807) is 0 Å². The van der Waals surface area contributed by atoms with Crippen LogP contribution in [-0.4, -0.2) is 10.8 Å². The lowest BCUT2D eigenvalue weighted by Gasteiger charge is -2.10. The fourth-order valence-corrected chi connectivity index (χ4v) is 1.56. The van der Waals surface area contributed by atoms with Crippen molar-refractivity contribution in [3.8, 4) is 11.5 Å². The highest BCUT2D eigenvalue weighted by Crippen LogP contribution is 2.27. The molecule has 102 valence electrons. The number of nitrogens with one attached hydrogen (secondary N) is 1. The second-order valence-electron chi connectivity index (χ2n) is 3.91. The van der Waals surface area contributed by atoms with Crippen molar-refractivity contribution in [3.63, 3.8) is 0 Å². The average Bonchev–Trinajstić information content (AvgIpc) is 2.41. The first-order valence-corrected chi connectivity index (χ1v) is 5.53. The van der Waals surface area contributed by atoms with Gasteiger partial charge in [0.25, 0.3) is 5.69 Å². The lowest BCUT2D eigenvalue weighted by atomic mass is 10.2. The van der Waals surface area contributed by atoms with Gasteiger partial charge in [0.15, 0.2) is 0 Å². The van der Waals surface area contributed by atoms with Gasteiger partial charge in [-0.1, -0.05) is 0 Å². The van der Waals surface area contributed by atoms with E-state index in [1.165, 1.54) is 36.4 Å². The molecular weight excluding hydrogens is 265 g/mol. The molecular formula is C13H10FN3O3. The number of nitro benzene ring substituents is 1. The van der Waals surface area contributed by atoms with Crippen LogP contribution in [0.2, 0.25) is 0 Å². The van der Waals surface area contributed by atoms with Gasteiger partial charge in [-0.3, -0.25) is 15.5 Å². The summed E-state index contributed by atoms with van der Waals surface area (Å²) in [6.45, 7) is 0. The Morgan fingerprint density at radius 3 is 2.45 bits per heavy atom. The minimum Gasteiger partial charge on any atom is -0.457 e. The molecule has 0 heterocycles. The number of nitrogens with zero attached hydrogens (tertiary/aromatic N) is 1. The fraction of sp³-hybridized carbons (Fsp3) is 0. The Morgan fingerprint density at radius 1 is 1.25 bits per heavy atom. The zero-order valence-electron chi connectivity index (χ0n) is 10.2. The number of hydrogen-bond donors (Lipinski definition) is 2. The van der Waals surface area contributed by atoms with Crippen LogP contribution in [-0.2, 0) is 0 Å². The van der Waals surface area contributed by atoms with Gasteiger partial charge in [0.2, 0.25) is 0 Å². The first kappa shape index (κ1) is 13.5. The van der Waals surface area contributed by atoms with Gasteiger partial charge in [-0.15, -0.1) is 0 Å². The standard InChI is InChI=1S/C13H10FN3O3/c14-8-1-6-12(11(7-8)13(15)16)20-10-4-2-9(3-5-10)17(18)19/h1-7H,(H3,15,16). The van der Waals surface area contributed by atoms with Crippen LogP contribution in [0.4, 0.5) is 10.1 Å². The van der Waals surface area contributed by atoms with Crippen molar-refractivity contribution in [2.24, 2.45) is 5.73 Å². The maximum atomic E-state index is 13.1. The molecule has 0 aliphatic heterocycles. The van der Waals surface area contributed by atoms with Crippen molar-refractivity contribution in [2.45, 2.75) is 0 Å². The lowest BCUT2D eigenvalue weighted by Crippen LogP contribution is -2.12. The minimum atomic E-state index is -0.536. The SMILES string of the molecule is N=C(N)c1cc(F)ccc1Oc1ccc([N+](=O)[O-])cc1. The fourth-order valence-electron chi connectivity index (χ4n) is 1.56. The molecule has 0 unspecified atom stereocenters.